The van der Waals surface area contributed by atoms with Crippen LogP contribution in [0.5, 0.6) is 0 Å². The molecule has 5 heteroatoms. The molecule has 0 aliphatic heterocycles. The third-order valence-corrected chi connectivity index (χ3v) is 3.11. The molecule has 21 heavy (non-hydrogen) atoms. The molecule has 0 atom stereocenters. The van der Waals surface area contributed by atoms with Gasteiger partial charge in [-0.25, -0.2) is 0 Å². The number of nitro benzene ring substituents is 1. The van der Waals surface area contributed by atoms with Gasteiger partial charge in [0.2, 0.25) is 0 Å². The van der Waals surface area contributed by atoms with E-state index in [-0.39, 0.29) is 5.69 Å². The number of rotatable bonds is 6. The number of hydrogen-bond acceptors (Lipinski definition) is 4. The van der Waals surface area contributed by atoms with Crippen LogP contribution in [-0.4, -0.2) is 11.5 Å². The lowest BCUT2D eigenvalue weighted by Gasteiger charge is -2.23. The van der Waals surface area contributed by atoms with Crippen LogP contribution in [0.25, 0.3) is 0 Å². The molecule has 0 bridgehead atoms. The second kappa shape index (κ2) is 7.06. The largest absolute Gasteiger partial charge is 0.366 e. The summed E-state index contributed by atoms with van der Waals surface area (Å²) in [5, 5.41) is 19.6. The van der Waals surface area contributed by atoms with Crippen molar-refractivity contribution in [3.63, 3.8) is 0 Å². The molecule has 0 N–H and O–H groups in total. The maximum Gasteiger partial charge on any atom is 0.269 e. The van der Waals surface area contributed by atoms with Crippen molar-refractivity contribution in [1.82, 2.24) is 0 Å². The molecule has 0 unspecified atom stereocenters. The van der Waals surface area contributed by atoms with Crippen LogP contribution in [0.1, 0.15) is 12.0 Å². The van der Waals surface area contributed by atoms with Crippen molar-refractivity contribution in [3.05, 3.63) is 70.3 Å². The summed E-state index contributed by atoms with van der Waals surface area (Å²) in [4.78, 5) is 12.5. The highest BCUT2D eigenvalue weighted by molar-refractivity contribution is 5.47. The highest BCUT2D eigenvalue weighted by atomic mass is 16.6. The second-order valence-corrected chi connectivity index (χ2v) is 4.59. The third-order valence-electron chi connectivity index (χ3n) is 3.11. The van der Waals surface area contributed by atoms with Crippen molar-refractivity contribution in [3.8, 4) is 6.07 Å². The van der Waals surface area contributed by atoms with Crippen LogP contribution in [-0.2, 0) is 6.54 Å². The molecular weight excluding hydrogens is 266 g/mol. The SMILES string of the molecule is N#CCCN(Cc1cccc([N+](=O)[O-])c1)c1ccccc1. The van der Waals surface area contributed by atoms with E-state index in [2.05, 4.69) is 6.07 Å². The van der Waals surface area contributed by atoms with Crippen molar-refractivity contribution in [2.24, 2.45) is 0 Å². The highest BCUT2D eigenvalue weighted by Crippen LogP contribution is 2.19. The average molecular weight is 281 g/mol. The minimum absolute atomic E-state index is 0.0841. The van der Waals surface area contributed by atoms with Crippen molar-refractivity contribution < 1.29 is 4.92 Å². The van der Waals surface area contributed by atoms with E-state index in [4.69, 9.17) is 5.26 Å². The monoisotopic (exact) mass is 281 g/mol. The zero-order valence-electron chi connectivity index (χ0n) is 11.5. The van der Waals surface area contributed by atoms with Gasteiger partial charge in [0.05, 0.1) is 17.4 Å². The summed E-state index contributed by atoms with van der Waals surface area (Å²) in [6.07, 6.45) is 0.407. The van der Waals surface area contributed by atoms with Crippen LogP contribution in [0.2, 0.25) is 0 Å². The predicted molar refractivity (Wildman–Crippen MR) is 80.8 cm³/mol. The summed E-state index contributed by atoms with van der Waals surface area (Å²) in [7, 11) is 0. The van der Waals surface area contributed by atoms with Gasteiger partial charge in [-0.15, -0.1) is 0 Å². The number of hydrogen-bond donors (Lipinski definition) is 0. The Morgan fingerprint density at radius 2 is 1.90 bits per heavy atom. The summed E-state index contributed by atoms with van der Waals surface area (Å²) < 4.78 is 0. The molecule has 106 valence electrons. The number of nitro groups is 1. The normalized spacial score (nSPS) is 9.86. The number of nitriles is 1. The molecule has 0 saturated heterocycles. The molecule has 2 rings (SSSR count). The molecule has 2 aromatic carbocycles. The van der Waals surface area contributed by atoms with Crippen LogP contribution >= 0.6 is 0 Å². The quantitative estimate of drug-likeness (QED) is 0.600. The molecule has 0 saturated carbocycles. The Labute approximate surface area is 123 Å². The van der Waals surface area contributed by atoms with Gasteiger partial charge in [0.1, 0.15) is 0 Å². The Morgan fingerprint density at radius 3 is 2.57 bits per heavy atom. The van der Waals surface area contributed by atoms with Gasteiger partial charge in [0, 0.05) is 30.9 Å². The first-order valence-corrected chi connectivity index (χ1v) is 6.61. The lowest BCUT2D eigenvalue weighted by atomic mass is 10.1. The number of benzene rings is 2. The van der Waals surface area contributed by atoms with Gasteiger partial charge in [-0.05, 0) is 17.7 Å². The van der Waals surface area contributed by atoms with Gasteiger partial charge in [0.15, 0.2) is 0 Å². The van der Waals surface area contributed by atoms with Gasteiger partial charge >= 0.3 is 0 Å². The first-order chi connectivity index (χ1) is 10.2. The van der Waals surface area contributed by atoms with E-state index >= 15 is 0 Å². The molecule has 2 aromatic rings. The third kappa shape index (κ3) is 4.05. The van der Waals surface area contributed by atoms with Crippen molar-refractivity contribution >= 4 is 11.4 Å². The number of anilines is 1. The lowest BCUT2D eigenvalue weighted by molar-refractivity contribution is -0.384. The lowest BCUT2D eigenvalue weighted by Crippen LogP contribution is -2.23. The van der Waals surface area contributed by atoms with E-state index in [9.17, 15) is 10.1 Å². The van der Waals surface area contributed by atoms with Gasteiger partial charge < -0.3 is 4.90 Å². The number of nitrogens with zero attached hydrogens (tertiary/aromatic N) is 3. The molecule has 0 aliphatic carbocycles. The minimum atomic E-state index is -0.397. The first-order valence-electron chi connectivity index (χ1n) is 6.61. The summed E-state index contributed by atoms with van der Waals surface area (Å²) in [5.74, 6) is 0. The van der Waals surface area contributed by atoms with Gasteiger partial charge in [-0.2, -0.15) is 5.26 Å². The molecule has 0 fully saturated rings. The average Bonchev–Trinajstić information content (AvgIpc) is 2.52. The smallest absolute Gasteiger partial charge is 0.269 e. The maximum atomic E-state index is 10.8. The maximum absolute atomic E-state index is 10.8. The van der Waals surface area contributed by atoms with E-state index in [0.29, 0.717) is 19.5 Å². The predicted octanol–water partition coefficient (Wildman–Crippen LogP) is 3.52. The van der Waals surface area contributed by atoms with Crippen LogP contribution in [0.15, 0.2) is 54.6 Å². The highest BCUT2D eigenvalue weighted by Gasteiger charge is 2.10. The van der Waals surface area contributed by atoms with Crippen molar-refractivity contribution in [2.45, 2.75) is 13.0 Å². The summed E-state index contributed by atoms with van der Waals surface area (Å²) in [6, 6.07) is 18.5. The zero-order valence-corrected chi connectivity index (χ0v) is 11.5. The first kappa shape index (κ1) is 14.5. The van der Waals surface area contributed by atoms with Crippen LogP contribution in [0, 0.1) is 21.4 Å². The summed E-state index contributed by atoms with van der Waals surface area (Å²) in [5.41, 5.74) is 1.94. The fourth-order valence-corrected chi connectivity index (χ4v) is 2.11. The Hall–Kier alpha value is -2.87. The fraction of sp³-hybridized carbons (Fsp3) is 0.188. The Morgan fingerprint density at radius 1 is 1.14 bits per heavy atom. The zero-order chi connectivity index (χ0) is 15.1. The Balaban J connectivity index is 2.21. The standard InChI is InChI=1S/C16H15N3O2/c17-10-5-11-18(15-7-2-1-3-8-15)13-14-6-4-9-16(12-14)19(20)21/h1-4,6-9,12H,5,11,13H2. The van der Waals surface area contributed by atoms with Crippen molar-refractivity contribution in [2.75, 3.05) is 11.4 Å². The van der Waals surface area contributed by atoms with E-state index in [1.807, 2.05) is 41.3 Å². The van der Waals surface area contributed by atoms with E-state index in [1.165, 1.54) is 6.07 Å². The van der Waals surface area contributed by atoms with E-state index in [0.717, 1.165) is 11.3 Å². The summed E-state index contributed by atoms with van der Waals surface area (Å²) in [6.45, 7) is 1.12. The van der Waals surface area contributed by atoms with Gasteiger partial charge in [-0.3, -0.25) is 10.1 Å². The topological polar surface area (TPSA) is 70.2 Å². The fourth-order valence-electron chi connectivity index (χ4n) is 2.11. The molecule has 0 radical (unpaired) electrons. The minimum Gasteiger partial charge on any atom is -0.366 e. The van der Waals surface area contributed by atoms with Gasteiger partial charge in [0.25, 0.3) is 5.69 Å². The molecule has 0 amide bonds. The Bertz CT molecular complexity index is 650. The molecule has 0 spiro atoms. The molecular formula is C16H15N3O2. The van der Waals surface area contributed by atoms with Crippen LogP contribution in [0.4, 0.5) is 11.4 Å². The summed E-state index contributed by atoms with van der Waals surface area (Å²) >= 11 is 0. The van der Waals surface area contributed by atoms with Crippen LogP contribution in [0.3, 0.4) is 0 Å². The number of para-hydroxylation sites is 1. The van der Waals surface area contributed by atoms with Crippen LogP contribution < -0.4 is 4.90 Å². The molecule has 0 aliphatic rings. The van der Waals surface area contributed by atoms with Gasteiger partial charge in [-0.1, -0.05) is 30.3 Å². The molecule has 5 nitrogen and oxygen atoms in total. The number of non-ortho nitro benzene ring substituents is 1. The van der Waals surface area contributed by atoms with E-state index < -0.39 is 4.92 Å². The Kier molecular flexibility index (Phi) is 4.89. The van der Waals surface area contributed by atoms with E-state index in [1.54, 1.807) is 12.1 Å². The second-order valence-electron chi connectivity index (χ2n) is 4.59. The van der Waals surface area contributed by atoms with Crippen molar-refractivity contribution in [1.29, 1.82) is 5.26 Å². The molecule has 0 heterocycles. The molecule has 0 aromatic heterocycles.